The lowest BCUT2D eigenvalue weighted by molar-refractivity contribution is 0.0949. The molecule has 1 heterocycles. The van der Waals surface area contributed by atoms with Crippen LogP contribution in [-0.4, -0.2) is 48.9 Å². The minimum Gasteiger partial charge on any atom is -0.370 e. The smallest absolute Gasteiger partial charge is 0.280 e. The molecule has 2 rings (SSSR count). The molecule has 2 aromatic rings. The van der Waals surface area contributed by atoms with Gasteiger partial charge in [-0.25, -0.2) is 0 Å². The molecule has 1 aromatic heterocycles. The zero-order chi connectivity index (χ0) is 21.6. The molecule has 156 valence electrons. The predicted octanol–water partition coefficient (Wildman–Crippen LogP) is 3.21. The molecule has 5 N–H and O–H groups in total. The van der Waals surface area contributed by atoms with Gasteiger partial charge in [0, 0.05) is 29.8 Å². The monoisotopic (exact) mass is 455 g/mol. The second-order valence-corrected chi connectivity index (χ2v) is 8.45. The lowest BCUT2D eigenvalue weighted by Gasteiger charge is -2.18. The summed E-state index contributed by atoms with van der Waals surface area (Å²) < 4.78 is 0.950. The van der Waals surface area contributed by atoms with Crippen molar-refractivity contribution in [3.8, 4) is 11.1 Å². The Morgan fingerprint density at radius 2 is 1.76 bits per heavy atom. The molecule has 0 radical (unpaired) electrons. The molecule has 0 aliphatic rings. The number of aliphatic imine (C=N–C) groups is 1. The van der Waals surface area contributed by atoms with Crippen molar-refractivity contribution in [1.29, 1.82) is 0 Å². The van der Waals surface area contributed by atoms with Crippen LogP contribution < -0.4 is 16.8 Å². The van der Waals surface area contributed by atoms with Crippen LogP contribution in [0, 0.1) is 0 Å². The van der Waals surface area contributed by atoms with Crippen LogP contribution in [-0.2, 0) is 0 Å². The summed E-state index contributed by atoms with van der Waals surface area (Å²) in [6.07, 6.45) is 0. The number of thiophene rings is 1. The van der Waals surface area contributed by atoms with Crippen molar-refractivity contribution in [2.45, 2.75) is 13.8 Å². The number of carbonyl (C=O) groups excluding carboxylic acids is 2. The van der Waals surface area contributed by atoms with Crippen LogP contribution in [0.25, 0.3) is 11.1 Å². The molecular formula is C19H23Cl2N5O2S. The average molecular weight is 456 g/mol. The fourth-order valence-electron chi connectivity index (χ4n) is 2.73. The Balaban J connectivity index is 2.36. The van der Waals surface area contributed by atoms with E-state index in [0.717, 1.165) is 19.6 Å². The van der Waals surface area contributed by atoms with Crippen LogP contribution in [0.3, 0.4) is 0 Å². The van der Waals surface area contributed by atoms with Gasteiger partial charge in [-0.15, -0.1) is 11.3 Å². The van der Waals surface area contributed by atoms with Crippen molar-refractivity contribution in [3.63, 3.8) is 0 Å². The summed E-state index contributed by atoms with van der Waals surface area (Å²) >= 11 is 13.5. The van der Waals surface area contributed by atoms with Crippen molar-refractivity contribution >= 4 is 52.3 Å². The Morgan fingerprint density at radius 1 is 1.10 bits per heavy atom. The molecule has 0 saturated heterocycles. The third-order valence-corrected chi connectivity index (χ3v) is 5.74. The van der Waals surface area contributed by atoms with E-state index in [1.807, 2.05) is 0 Å². The normalized spacial score (nSPS) is 10.8. The minimum atomic E-state index is -0.651. The maximum atomic E-state index is 12.7. The first-order valence-electron chi connectivity index (χ1n) is 8.99. The summed E-state index contributed by atoms with van der Waals surface area (Å²) in [5.74, 6) is -1.32. The highest BCUT2D eigenvalue weighted by Gasteiger charge is 2.17. The summed E-state index contributed by atoms with van der Waals surface area (Å²) in [6, 6.07) is 6.36. The third kappa shape index (κ3) is 6.43. The fourth-order valence-corrected chi connectivity index (χ4v) is 4.23. The second kappa shape index (κ2) is 10.6. The Kier molecular flexibility index (Phi) is 8.45. The number of guanidine groups is 1. The predicted molar refractivity (Wildman–Crippen MR) is 120 cm³/mol. The summed E-state index contributed by atoms with van der Waals surface area (Å²) in [7, 11) is 0. The van der Waals surface area contributed by atoms with Crippen LogP contribution >= 0.6 is 34.5 Å². The lowest BCUT2D eigenvalue weighted by atomic mass is 10.0. The minimum absolute atomic E-state index is 0.170. The highest BCUT2D eigenvalue weighted by molar-refractivity contribution is 7.20. The van der Waals surface area contributed by atoms with Gasteiger partial charge in [0.2, 0.25) is 0 Å². The van der Waals surface area contributed by atoms with Gasteiger partial charge in [0.15, 0.2) is 5.96 Å². The first-order chi connectivity index (χ1) is 13.7. The molecule has 0 unspecified atom stereocenters. The van der Waals surface area contributed by atoms with Gasteiger partial charge in [-0.05, 0) is 42.9 Å². The summed E-state index contributed by atoms with van der Waals surface area (Å²) in [6.45, 7) is 7.13. The average Bonchev–Trinajstić information content (AvgIpc) is 3.02. The van der Waals surface area contributed by atoms with Gasteiger partial charge >= 0.3 is 0 Å². The Labute approximate surface area is 183 Å². The van der Waals surface area contributed by atoms with Crippen molar-refractivity contribution < 1.29 is 9.59 Å². The van der Waals surface area contributed by atoms with Gasteiger partial charge in [0.25, 0.3) is 11.8 Å². The van der Waals surface area contributed by atoms with Gasteiger partial charge in [0.1, 0.15) is 4.34 Å². The van der Waals surface area contributed by atoms with Crippen molar-refractivity contribution in [1.82, 2.24) is 10.2 Å². The fraction of sp³-hybridized carbons (Fsp3) is 0.316. The standard InChI is InChI=1S/C19H23Cl2N5O2S/c1-3-26(4-2)6-5-24-17(27)12-7-11(14-10-15(20)29-16(14)21)8-13(9-12)18(28)25-19(22)23/h7-10H,3-6H2,1-2H3,(H,24,27)(H4,22,23,25,28). The van der Waals surface area contributed by atoms with Crippen LogP contribution in [0.5, 0.6) is 0 Å². The summed E-state index contributed by atoms with van der Waals surface area (Å²) in [4.78, 5) is 30.8. The quantitative estimate of drug-likeness (QED) is 0.417. The summed E-state index contributed by atoms with van der Waals surface area (Å²) in [5, 5.41) is 2.87. The highest BCUT2D eigenvalue weighted by atomic mass is 35.5. The number of carbonyl (C=O) groups is 2. The second-order valence-electron chi connectivity index (χ2n) is 6.16. The number of rotatable bonds is 8. The largest absolute Gasteiger partial charge is 0.370 e. The number of nitrogens with zero attached hydrogens (tertiary/aromatic N) is 2. The molecule has 0 aliphatic heterocycles. The number of benzene rings is 1. The number of hydrogen-bond donors (Lipinski definition) is 3. The van der Waals surface area contributed by atoms with E-state index in [0.29, 0.717) is 31.9 Å². The molecule has 0 saturated carbocycles. The van der Waals surface area contributed by atoms with Gasteiger partial charge in [-0.3, -0.25) is 9.59 Å². The number of nitrogens with one attached hydrogen (secondary N) is 1. The SMILES string of the molecule is CCN(CC)CCNC(=O)c1cc(C(=O)N=C(N)N)cc(-c2cc(Cl)sc2Cl)c1. The molecule has 0 bridgehead atoms. The Morgan fingerprint density at radius 3 is 2.31 bits per heavy atom. The van der Waals surface area contributed by atoms with E-state index in [-0.39, 0.29) is 17.4 Å². The van der Waals surface area contributed by atoms with Crippen LogP contribution in [0.4, 0.5) is 0 Å². The topological polar surface area (TPSA) is 114 Å². The maximum absolute atomic E-state index is 12.7. The van der Waals surface area contributed by atoms with Crippen LogP contribution in [0.15, 0.2) is 29.3 Å². The number of halogens is 2. The summed E-state index contributed by atoms with van der Waals surface area (Å²) in [5.41, 5.74) is 12.3. The molecule has 0 aliphatic carbocycles. The van der Waals surface area contributed by atoms with Crippen molar-refractivity contribution in [2.75, 3.05) is 26.2 Å². The molecular weight excluding hydrogens is 433 g/mol. The molecule has 0 spiro atoms. The molecule has 7 nitrogen and oxygen atoms in total. The molecule has 0 atom stereocenters. The van der Waals surface area contributed by atoms with E-state index < -0.39 is 5.91 Å². The zero-order valence-corrected chi connectivity index (χ0v) is 18.5. The first kappa shape index (κ1) is 23.2. The van der Waals surface area contributed by atoms with E-state index >= 15 is 0 Å². The highest BCUT2D eigenvalue weighted by Crippen LogP contribution is 2.38. The molecule has 0 fully saturated rings. The number of hydrogen-bond acceptors (Lipinski definition) is 4. The zero-order valence-electron chi connectivity index (χ0n) is 16.2. The maximum Gasteiger partial charge on any atom is 0.280 e. The van der Waals surface area contributed by atoms with Gasteiger partial charge < -0.3 is 21.7 Å². The van der Waals surface area contributed by atoms with Gasteiger partial charge in [-0.1, -0.05) is 37.0 Å². The van der Waals surface area contributed by atoms with E-state index in [4.69, 9.17) is 34.7 Å². The van der Waals surface area contributed by atoms with Gasteiger partial charge in [-0.2, -0.15) is 4.99 Å². The molecule has 2 amide bonds. The lowest BCUT2D eigenvalue weighted by Crippen LogP contribution is -2.34. The van der Waals surface area contributed by atoms with E-state index in [9.17, 15) is 9.59 Å². The Hall–Kier alpha value is -2.13. The first-order valence-corrected chi connectivity index (χ1v) is 10.6. The number of amides is 2. The number of nitrogens with two attached hydrogens (primary N) is 2. The van der Waals surface area contributed by atoms with E-state index in [1.54, 1.807) is 18.2 Å². The van der Waals surface area contributed by atoms with Crippen LogP contribution in [0.1, 0.15) is 34.6 Å². The van der Waals surface area contributed by atoms with Gasteiger partial charge in [0.05, 0.1) is 4.34 Å². The number of likely N-dealkylation sites (N-methyl/N-ethyl adjacent to an activating group) is 1. The Bertz CT molecular complexity index is 921. The van der Waals surface area contributed by atoms with Crippen molar-refractivity contribution in [2.24, 2.45) is 16.5 Å². The van der Waals surface area contributed by atoms with Crippen LogP contribution in [0.2, 0.25) is 8.67 Å². The molecule has 10 heteroatoms. The molecule has 1 aromatic carbocycles. The van der Waals surface area contributed by atoms with Crippen molar-refractivity contribution in [3.05, 3.63) is 44.1 Å². The molecule has 29 heavy (non-hydrogen) atoms. The third-order valence-electron chi connectivity index (χ3n) is 4.25. The van der Waals surface area contributed by atoms with E-state index in [2.05, 4.69) is 29.1 Å². The van der Waals surface area contributed by atoms with E-state index in [1.165, 1.54) is 17.4 Å².